The Morgan fingerprint density at radius 3 is 1.50 bits per heavy atom. The number of hydrogen-bond acceptors (Lipinski definition) is 2. The minimum atomic E-state index is -0.249. The third kappa shape index (κ3) is 67.9. The SMILES string of the molecule is CCCC(O)C[C](=[Cr])OC.[C-]#[O+].[C-]#[O+].[C-]#[O+].[C-]#[O+].[C-]#[O+]. The molecule has 8 heteroatoms. The molecule has 0 saturated heterocycles. The molecule has 0 aliphatic heterocycles. The Labute approximate surface area is 126 Å². The topological polar surface area (TPSA) is 129 Å². The van der Waals surface area contributed by atoms with Crippen LogP contribution in [-0.4, -0.2) is 22.9 Å². The Kier molecular flexibility index (Phi) is 117. The molecule has 0 bridgehead atoms. The monoisotopic (exact) mass is 322 g/mol. The fourth-order valence-electron chi connectivity index (χ4n) is 0.711. The summed E-state index contributed by atoms with van der Waals surface area (Å²) in [6.45, 7) is 24.6. The molecule has 0 rings (SSSR count). The normalized spacial score (nSPS) is 7.05. The molecule has 0 spiro atoms. The summed E-state index contributed by atoms with van der Waals surface area (Å²) in [4.78, 5) is 0. The van der Waals surface area contributed by atoms with E-state index in [-0.39, 0.29) is 6.10 Å². The molecule has 0 fully saturated rings. The van der Waals surface area contributed by atoms with Crippen molar-refractivity contribution in [3.63, 3.8) is 0 Å². The Morgan fingerprint density at radius 1 is 1.00 bits per heavy atom. The standard InChI is InChI=1S/C7H14O2.5CO.Cr/c1-3-4-7(8)5-6-9-2;5*1-2;/h7-8H,3-5H2,1-2H3;;;;;;. The van der Waals surface area contributed by atoms with Gasteiger partial charge in [-0.3, -0.25) is 0 Å². The summed E-state index contributed by atoms with van der Waals surface area (Å²) in [6.07, 6.45) is 2.22. The number of rotatable bonds is 5. The summed E-state index contributed by atoms with van der Waals surface area (Å²) in [6, 6.07) is 0. The van der Waals surface area contributed by atoms with Gasteiger partial charge in [0.15, 0.2) is 0 Å². The first-order chi connectivity index (χ1) is 9.70. The summed E-state index contributed by atoms with van der Waals surface area (Å²) >= 11 is 2.75. The molecule has 0 saturated carbocycles. The average Bonchev–Trinajstić information content (AvgIpc) is 2.57. The molecule has 1 N–H and O–H groups in total. The van der Waals surface area contributed by atoms with Crippen LogP contribution in [-0.2, 0) is 43.8 Å². The second-order valence-corrected chi connectivity index (χ2v) is 2.93. The maximum atomic E-state index is 9.23. The van der Waals surface area contributed by atoms with Crippen LogP contribution in [0, 0.1) is 33.3 Å². The summed E-state index contributed by atoms with van der Waals surface area (Å²) in [5, 5.41) is 9.23. The zero-order chi connectivity index (χ0) is 18.0. The van der Waals surface area contributed by atoms with Gasteiger partial charge in [-0.1, -0.05) is 0 Å². The van der Waals surface area contributed by atoms with Gasteiger partial charge in [0.1, 0.15) is 0 Å². The van der Waals surface area contributed by atoms with Crippen LogP contribution in [0.3, 0.4) is 0 Å². The molecule has 0 aromatic rings. The molecule has 1 atom stereocenters. The molecule has 0 aliphatic carbocycles. The number of hydrogen-bond donors (Lipinski definition) is 1. The molecule has 110 valence electrons. The Hall–Kier alpha value is -0.978. The van der Waals surface area contributed by atoms with E-state index in [2.05, 4.69) is 56.0 Å². The van der Waals surface area contributed by atoms with Crippen molar-refractivity contribution in [1.29, 1.82) is 0 Å². The van der Waals surface area contributed by atoms with Gasteiger partial charge >= 0.3 is 126 Å². The fraction of sp³-hybridized carbons (Fsp3) is 0.500. The van der Waals surface area contributed by atoms with Gasteiger partial charge in [-0.05, 0) is 0 Å². The van der Waals surface area contributed by atoms with E-state index < -0.39 is 0 Å². The molecule has 0 amide bonds. The van der Waals surface area contributed by atoms with Crippen LogP contribution in [0.1, 0.15) is 26.2 Å². The first-order valence-electron chi connectivity index (χ1n) is 4.47. The number of aliphatic hydroxyl groups excluding tert-OH is 1. The molecule has 20 heavy (non-hydrogen) atoms. The first kappa shape index (κ1) is 36.4. The third-order valence-electron chi connectivity index (χ3n) is 1.25. The van der Waals surface area contributed by atoms with E-state index >= 15 is 0 Å². The van der Waals surface area contributed by atoms with Crippen LogP contribution in [0.2, 0.25) is 0 Å². The molecule has 0 aromatic heterocycles. The molecular formula is C12H14CrO7. The maximum absolute atomic E-state index is 9.23. The molecule has 0 heterocycles. The van der Waals surface area contributed by atoms with Crippen LogP contribution in [0.5, 0.6) is 0 Å². The number of ether oxygens (including phenoxy) is 1. The van der Waals surface area contributed by atoms with Crippen LogP contribution < -0.4 is 0 Å². The van der Waals surface area contributed by atoms with E-state index in [1.165, 1.54) is 0 Å². The van der Waals surface area contributed by atoms with Crippen molar-refractivity contribution in [1.82, 2.24) is 0 Å². The van der Waals surface area contributed by atoms with Crippen LogP contribution in [0.4, 0.5) is 0 Å². The zero-order valence-electron chi connectivity index (χ0n) is 11.0. The molecule has 0 radical (unpaired) electrons. The van der Waals surface area contributed by atoms with Crippen molar-refractivity contribution in [3.05, 3.63) is 33.3 Å². The number of aliphatic hydroxyl groups is 1. The van der Waals surface area contributed by atoms with Gasteiger partial charge in [0.25, 0.3) is 0 Å². The van der Waals surface area contributed by atoms with E-state index in [9.17, 15) is 5.11 Å². The molecule has 1 unspecified atom stereocenters. The van der Waals surface area contributed by atoms with Gasteiger partial charge in [0, 0.05) is 0 Å². The van der Waals surface area contributed by atoms with Crippen molar-refractivity contribution < 1.29 is 49.0 Å². The second-order valence-electron chi connectivity index (χ2n) is 2.22. The van der Waals surface area contributed by atoms with Crippen LogP contribution >= 0.6 is 0 Å². The Balaban J connectivity index is -0.0000000412. The number of methoxy groups -OCH3 is 1. The zero-order valence-corrected chi connectivity index (χ0v) is 12.3. The van der Waals surface area contributed by atoms with Crippen molar-refractivity contribution in [2.45, 2.75) is 32.3 Å². The summed E-state index contributed by atoms with van der Waals surface area (Å²) in [5.74, 6) is 0. The van der Waals surface area contributed by atoms with Crippen molar-refractivity contribution in [3.8, 4) is 0 Å². The predicted molar refractivity (Wildman–Crippen MR) is 57.2 cm³/mol. The molecule has 7 nitrogen and oxygen atoms in total. The van der Waals surface area contributed by atoms with Gasteiger partial charge in [0.2, 0.25) is 0 Å². The quantitative estimate of drug-likeness (QED) is 0.589. The van der Waals surface area contributed by atoms with Crippen molar-refractivity contribution >= 4 is 4.57 Å². The molecule has 0 aromatic carbocycles. The second kappa shape index (κ2) is 64.2. The Bertz CT molecular complexity index is 230. The van der Waals surface area contributed by atoms with E-state index in [1.54, 1.807) is 7.11 Å². The van der Waals surface area contributed by atoms with Gasteiger partial charge in [0.05, 0.1) is 0 Å². The van der Waals surface area contributed by atoms with E-state index in [1.807, 2.05) is 0 Å². The average molecular weight is 322 g/mol. The van der Waals surface area contributed by atoms with Crippen LogP contribution in [0.25, 0.3) is 0 Å². The summed E-state index contributed by atoms with van der Waals surface area (Å²) in [7, 11) is 1.60. The van der Waals surface area contributed by atoms with E-state index in [4.69, 9.17) is 28.0 Å². The van der Waals surface area contributed by atoms with Crippen molar-refractivity contribution in [2.24, 2.45) is 0 Å². The summed E-state index contributed by atoms with van der Waals surface area (Å²) in [5.41, 5.74) is 0. The van der Waals surface area contributed by atoms with Gasteiger partial charge in [-0.15, -0.1) is 0 Å². The van der Waals surface area contributed by atoms with E-state index in [0.717, 1.165) is 17.4 Å². The fourth-order valence-corrected chi connectivity index (χ4v) is 1.01. The van der Waals surface area contributed by atoms with E-state index in [0.29, 0.717) is 6.42 Å². The first-order valence-corrected chi connectivity index (χ1v) is 5.11. The summed E-state index contributed by atoms with van der Waals surface area (Å²) < 4.78 is 43.1. The van der Waals surface area contributed by atoms with Gasteiger partial charge < -0.3 is 0 Å². The van der Waals surface area contributed by atoms with Gasteiger partial charge in [-0.25, -0.2) is 0 Å². The van der Waals surface area contributed by atoms with Crippen LogP contribution in [0.15, 0.2) is 0 Å². The Morgan fingerprint density at radius 2 is 1.30 bits per heavy atom. The molecule has 0 aliphatic rings. The molecular weight excluding hydrogens is 308 g/mol. The predicted octanol–water partition coefficient (Wildman–Crippen LogP) is 0.673. The van der Waals surface area contributed by atoms with Crippen molar-refractivity contribution in [2.75, 3.05) is 7.11 Å². The van der Waals surface area contributed by atoms with Gasteiger partial charge in [-0.2, -0.15) is 0 Å². The minimum absolute atomic E-state index is 0.249. The third-order valence-corrected chi connectivity index (χ3v) is 1.77.